The van der Waals surface area contributed by atoms with E-state index in [2.05, 4.69) is 44.5 Å². The van der Waals surface area contributed by atoms with Crippen LogP contribution in [-0.2, 0) is 0 Å². The highest BCUT2D eigenvalue weighted by Crippen LogP contribution is 2.36. The lowest BCUT2D eigenvalue weighted by atomic mass is 10.0. The summed E-state index contributed by atoms with van der Waals surface area (Å²) in [4.78, 5) is 0. The Morgan fingerprint density at radius 1 is 1.27 bits per heavy atom. The number of benzene rings is 1. The Balaban J connectivity index is 3.13. The van der Waals surface area contributed by atoms with Gasteiger partial charge in [0.1, 0.15) is 11.9 Å². The first-order valence-electron chi connectivity index (χ1n) is 4.12. The highest BCUT2D eigenvalue weighted by molar-refractivity contribution is 9.11. The molecular formula is C9H10Br2O3S. The van der Waals surface area contributed by atoms with Gasteiger partial charge in [0.05, 0.1) is 10.6 Å². The first-order valence-corrected chi connectivity index (χ1v) is 6.34. The molecule has 2 unspecified atom stereocenters. The molecule has 1 aromatic carbocycles. The molecule has 1 aromatic rings. The van der Waals surface area contributed by atoms with Crippen molar-refractivity contribution in [1.82, 2.24) is 0 Å². The topological polar surface area (TPSA) is 60.7 Å². The largest absolute Gasteiger partial charge is 0.506 e. The van der Waals surface area contributed by atoms with E-state index in [1.807, 2.05) is 0 Å². The summed E-state index contributed by atoms with van der Waals surface area (Å²) in [7, 11) is 0. The molecule has 0 saturated carbocycles. The van der Waals surface area contributed by atoms with Crippen LogP contribution in [0.15, 0.2) is 21.1 Å². The fourth-order valence-corrected chi connectivity index (χ4v) is 2.58. The summed E-state index contributed by atoms with van der Waals surface area (Å²) in [5.41, 5.74) is 0.262. The number of rotatable bonds is 3. The van der Waals surface area contributed by atoms with Crippen molar-refractivity contribution in [3.8, 4) is 5.75 Å². The third-order valence-electron chi connectivity index (χ3n) is 1.93. The minimum atomic E-state index is -1.16. The lowest BCUT2D eigenvalue weighted by Crippen LogP contribution is -2.19. The van der Waals surface area contributed by atoms with E-state index in [4.69, 9.17) is 0 Å². The molecule has 0 saturated heterocycles. The van der Waals surface area contributed by atoms with E-state index in [-0.39, 0.29) is 17.1 Å². The number of aromatic hydroxyl groups is 1. The molecule has 0 aliphatic carbocycles. The summed E-state index contributed by atoms with van der Waals surface area (Å²) in [6, 6.07) is 3.20. The number of aliphatic hydroxyl groups is 2. The lowest BCUT2D eigenvalue weighted by Gasteiger charge is -2.18. The van der Waals surface area contributed by atoms with Crippen LogP contribution < -0.4 is 0 Å². The maximum Gasteiger partial charge on any atom is 0.135 e. The van der Waals surface area contributed by atoms with Crippen LogP contribution in [0.5, 0.6) is 5.75 Å². The Morgan fingerprint density at radius 3 is 2.40 bits per heavy atom. The molecule has 0 aromatic heterocycles. The molecule has 2 atom stereocenters. The SMILES string of the molecule is Oc1c(Br)cc(Br)cc1C(O)C(O)CS. The Kier molecular flexibility index (Phi) is 4.92. The fourth-order valence-electron chi connectivity index (χ4n) is 1.12. The van der Waals surface area contributed by atoms with Gasteiger partial charge in [-0.25, -0.2) is 0 Å². The third-order valence-corrected chi connectivity index (χ3v) is 3.36. The Morgan fingerprint density at radius 2 is 1.87 bits per heavy atom. The van der Waals surface area contributed by atoms with Gasteiger partial charge >= 0.3 is 0 Å². The summed E-state index contributed by atoms with van der Waals surface area (Å²) in [6.45, 7) is 0. The van der Waals surface area contributed by atoms with Crippen LogP contribution in [0.2, 0.25) is 0 Å². The zero-order valence-electron chi connectivity index (χ0n) is 7.56. The minimum Gasteiger partial charge on any atom is -0.506 e. The van der Waals surface area contributed by atoms with Crippen molar-refractivity contribution in [2.45, 2.75) is 12.2 Å². The second-order valence-corrected chi connectivity index (χ2v) is 5.16. The van der Waals surface area contributed by atoms with Gasteiger partial charge in [0.25, 0.3) is 0 Å². The van der Waals surface area contributed by atoms with Gasteiger partial charge in [-0.05, 0) is 28.1 Å². The van der Waals surface area contributed by atoms with Gasteiger partial charge in [-0.15, -0.1) is 0 Å². The molecule has 0 radical (unpaired) electrons. The number of aliphatic hydroxyl groups excluding tert-OH is 2. The van der Waals surface area contributed by atoms with Gasteiger partial charge in [0.15, 0.2) is 0 Å². The minimum absolute atomic E-state index is 0.0773. The number of phenols is 1. The van der Waals surface area contributed by atoms with Gasteiger partial charge in [0.2, 0.25) is 0 Å². The van der Waals surface area contributed by atoms with Crippen molar-refractivity contribution < 1.29 is 15.3 Å². The van der Waals surface area contributed by atoms with E-state index in [0.717, 1.165) is 0 Å². The standard InChI is InChI=1S/C9H10Br2O3S/c10-4-1-5(8(13)6(11)2-4)9(14)7(12)3-15/h1-2,7,9,12-15H,3H2. The molecule has 15 heavy (non-hydrogen) atoms. The van der Waals surface area contributed by atoms with Crippen molar-refractivity contribution in [2.24, 2.45) is 0 Å². The lowest BCUT2D eigenvalue weighted by molar-refractivity contribution is 0.0322. The number of phenolic OH excluding ortho intramolecular Hbond substituents is 1. The van der Waals surface area contributed by atoms with E-state index in [1.54, 1.807) is 12.1 Å². The predicted octanol–water partition coefficient (Wildman–Crippen LogP) is 2.24. The first-order chi connectivity index (χ1) is 6.97. The third kappa shape index (κ3) is 3.10. The van der Waals surface area contributed by atoms with Gasteiger partial charge < -0.3 is 15.3 Å². The van der Waals surface area contributed by atoms with E-state index in [0.29, 0.717) is 8.95 Å². The summed E-state index contributed by atoms with van der Waals surface area (Å²) >= 11 is 10.3. The molecule has 0 aliphatic heterocycles. The number of halogens is 2. The number of hydrogen-bond donors (Lipinski definition) is 4. The highest BCUT2D eigenvalue weighted by atomic mass is 79.9. The van der Waals surface area contributed by atoms with Gasteiger partial charge in [-0.1, -0.05) is 15.9 Å². The van der Waals surface area contributed by atoms with Crippen LogP contribution in [-0.4, -0.2) is 27.2 Å². The van der Waals surface area contributed by atoms with Crippen LogP contribution in [0.3, 0.4) is 0 Å². The molecule has 3 N–H and O–H groups in total. The van der Waals surface area contributed by atoms with E-state index in [9.17, 15) is 15.3 Å². The molecule has 0 spiro atoms. The van der Waals surface area contributed by atoms with Crippen LogP contribution in [0.4, 0.5) is 0 Å². The fraction of sp³-hybridized carbons (Fsp3) is 0.333. The maximum atomic E-state index is 9.72. The number of thiol groups is 1. The summed E-state index contributed by atoms with van der Waals surface area (Å²) in [6.07, 6.45) is -2.17. The van der Waals surface area contributed by atoms with Crippen molar-refractivity contribution in [1.29, 1.82) is 0 Å². The molecule has 1 rings (SSSR count). The monoisotopic (exact) mass is 356 g/mol. The summed E-state index contributed by atoms with van der Waals surface area (Å²) in [5.74, 6) is 0.0385. The quantitative estimate of drug-likeness (QED) is 0.627. The van der Waals surface area contributed by atoms with Gasteiger partial charge in [-0.3, -0.25) is 0 Å². The van der Waals surface area contributed by atoms with Gasteiger partial charge in [0, 0.05) is 15.8 Å². The van der Waals surface area contributed by atoms with Crippen molar-refractivity contribution in [3.05, 3.63) is 26.6 Å². The predicted molar refractivity (Wildman–Crippen MR) is 68.3 cm³/mol. The maximum absolute atomic E-state index is 9.72. The molecule has 0 heterocycles. The van der Waals surface area contributed by atoms with E-state index >= 15 is 0 Å². The zero-order chi connectivity index (χ0) is 11.6. The molecule has 0 aliphatic rings. The van der Waals surface area contributed by atoms with Crippen LogP contribution in [0, 0.1) is 0 Å². The Hall–Kier alpha value is 0.250. The van der Waals surface area contributed by atoms with E-state index < -0.39 is 12.2 Å². The molecule has 3 nitrogen and oxygen atoms in total. The summed E-state index contributed by atoms with van der Waals surface area (Å²) < 4.78 is 1.16. The Bertz CT molecular complexity index is 359. The van der Waals surface area contributed by atoms with E-state index in [1.165, 1.54) is 0 Å². The van der Waals surface area contributed by atoms with Gasteiger partial charge in [-0.2, -0.15) is 12.6 Å². The smallest absolute Gasteiger partial charge is 0.135 e. The van der Waals surface area contributed by atoms with Crippen LogP contribution in [0.1, 0.15) is 11.7 Å². The average Bonchev–Trinajstić information content (AvgIpc) is 2.21. The Labute approximate surface area is 110 Å². The number of hydrogen-bond acceptors (Lipinski definition) is 4. The molecule has 6 heteroatoms. The normalized spacial score (nSPS) is 15.0. The second kappa shape index (κ2) is 5.54. The zero-order valence-corrected chi connectivity index (χ0v) is 11.6. The molecular weight excluding hydrogens is 348 g/mol. The first kappa shape index (κ1) is 13.3. The second-order valence-electron chi connectivity index (χ2n) is 3.02. The van der Waals surface area contributed by atoms with Crippen molar-refractivity contribution in [3.63, 3.8) is 0 Å². The summed E-state index contributed by atoms with van der Waals surface area (Å²) in [5, 5.41) is 28.8. The van der Waals surface area contributed by atoms with Crippen LogP contribution in [0.25, 0.3) is 0 Å². The molecule has 0 bridgehead atoms. The highest BCUT2D eigenvalue weighted by Gasteiger charge is 2.21. The van der Waals surface area contributed by atoms with Crippen molar-refractivity contribution in [2.75, 3.05) is 5.75 Å². The van der Waals surface area contributed by atoms with Crippen LogP contribution >= 0.6 is 44.5 Å². The molecule has 84 valence electrons. The molecule has 0 fully saturated rings. The van der Waals surface area contributed by atoms with Crippen molar-refractivity contribution >= 4 is 44.5 Å². The average molecular weight is 358 g/mol. The molecule has 0 amide bonds.